The van der Waals surface area contributed by atoms with Crippen LogP contribution < -0.4 is 56.0 Å². The van der Waals surface area contributed by atoms with Gasteiger partial charge in [-0.1, -0.05) is 10.2 Å². The molecule has 0 aliphatic carbocycles. The molecule has 0 saturated heterocycles. The summed E-state index contributed by atoms with van der Waals surface area (Å²) in [4.78, 5) is 0. The second-order valence-corrected chi connectivity index (χ2v) is 29.2. The Morgan fingerprint density at radius 3 is 0.939 bits per heavy atom. The van der Waals surface area contributed by atoms with E-state index in [2.05, 4.69) is 31.1 Å². The maximum absolute atomic E-state index is 5.89. The van der Waals surface area contributed by atoms with E-state index < -0.39 is 35.2 Å². The van der Waals surface area contributed by atoms with Crippen LogP contribution in [0.4, 0.5) is 34.6 Å². The number of aromatic nitrogens is 4. The highest BCUT2D eigenvalue weighted by molar-refractivity contribution is 6.61. The number of rotatable bonds is 38. The number of nitrogens with zero attached hydrogens (tertiary/aromatic N) is 8. The van der Waals surface area contributed by atoms with Gasteiger partial charge in [0, 0.05) is 141 Å². The van der Waals surface area contributed by atoms with Gasteiger partial charge in [-0.15, -0.1) is 0 Å². The number of nitrogens with one attached hydrogen (secondary N) is 2. The second kappa shape index (κ2) is 46.8. The molecule has 4 rings (SSSR count). The number of hydrogen-bond acceptors (Lipinski definition) is 20. The third-order valence-electron chi connectivity index (χ3n) is 11.9. The van der Waals surface area contributed by atoms with Crippen LogP contribution in [0.25, 0.3) is 0 Å². The summed E-state index contributed by atoms with van der Waals surface area (Å²) in [6, 6.07) is 19.0. The number of benzene rings is 2. The lowest BCUT2D eigenvalue weighted by Crippen LogP contribution is -3.00. The van der Waals surface area contributed by atoms with Gasteiger partial charge in [0.25, 0.3) is 0 Å². The molecule has 0 unspecified atom stereocenters. The molecule has 472 valence electrons. The highest BCUT2D eigenvalue weighted by Crippen LogP contribution is 2.23. The van der Waals surface area contributed by atoms with Gasteiger partial charge in [-0.25, -0.2) is 18.3 Å². The minimum Gasteiger partial charge on any atom is -1.00 e. The molecule has 2 aromatic carbocycles. The predicted octanol–water partition coefficient (Wildman–Crippen LogP) is 2.67. The Hall–Kier alpha value is -3.45. The average molecular weight is 1270 g/mol. The molecule has 0 fully saturated rings. The van der Waals surface area contributed by atoms with E-state index in [0.29, 0.717) is 52.7 Å². The van der Waals surface area contributed by atoms with Crippen LogP contribution in [0.5, 0.6) is 0 Å². The number of nitrogens with two attached hydrogens (primary N) is 2. The Morgan fingerprint density at radius 2 is 0.695 bits per heavy atom. The summed E-state index contributed by atoms with van der Waals surface area (Å²) in [5.74, 6) is 1.58. The molecule has 2 aromatic heterocycles. The van der Waals surface area contributed by atoms with E-state index in [0.717, 1.165) is 97.6 Å². The van der Waals surface area contributed by atoms with Crippen molar-refractivity contribution in [3.8, 4) is 0 Å². The van der Waals surface area contributed by atoms with E-state index >= 15 is 0 Å². The smallest absolute Gasteiger partial charge is 0.500 e. The second-order valence-electron chi connectivity index (χ2n) is 17.5. The fourth-order valence-corrected chi connectivity index (χ4v) is 16.5. The lowest BCUT2D eigenvalue weighted by atomic mass is 10.3. The van der Waals surface area contributed by atoms with Crippen LogP contribution in [-0.4, -0.2) is 153 Å². The first-order chi connectivity index (χ1) is 38.5. The molecule has 0 bridgehead atoms. The molecule has 0 atom stereocenters. The van der Waals surface area contributed by atoms with E-state index in [1.54, 1.807) is 42.7 Å². The topological polar surface area (TPSA) is 254 Å². The Labute approximate surface area is 507 Å². The van der Waals surface area contributed by atoms with E-state index in [1.807, 2.05) is 161 Å². The third-order valence-corrected chi connectivity index (χ3v) is 23.9. The van der Waals surface area contributed by atoms with Gasteiger partial charge < -0.3 is 100 Å². The number of halogens is 2. The van der Waals surface area contributed by atoms with Crippen LogP contribution in [0, 0.1) is 0 Å². The van der Waals surface area contributed by atoms with Gasteiger partial charge in [-0.05, 0) is 129 Å². The molecule has 0 aliphatic heterocycles. The van der Waals surface area contributed by atoms with Crippen LogP contribution in [0.1, 0.15) is 67.2 Å². The highest BCUT2D eigenvalue weighted by Gasteiger charge is 2.41. The van der Waals surface area contributed by atoms with Crippen molar-refractivity contribution >= 4 is 69.9 Å². The Kier molecular flexibility index (Phi) is 46.0. The van der Waals surface area contributed by atoms with Gasteiger partial charge in [0.1, 0.15) is 11.4 Å². The molecule has 0 aliphatic rings. The summed E-state index contributed by atoms with van der Waals surface area (Å²) >= 11 is 0. The molecule has 30 heteroatoms. The van der Waals surface area contributed by atoms with E-state index in [1.165, 1.54) is 0 Å². The highest BCUT2D eigenvalue weighted by atomic mass is 35.5. The maximum atomic E-state index is 5.89. The summed E-state index contributed by atoms with van der Waals surface area (Å²) in [6.07, 6.45) is 11.4. The van der Waals surface area contributed by atoms with Crippen molar-refractivity contribution in [1.29, 1.82) is 0 Å². The van der Waals surface area contributed by atoms with Crippen LogP contribution in [0.15, 0.2) is 93.8 Å². The zero-order valence-electron chi connectivity index (χ0n) is 52.0. The molecule has 82 heavy (non-hydrogen) atoms. The van der Waals surface area contributed by atoms with Gasteiger partial charge in [0.05, 0.1) is 53.0 Å². The Morgan fingerprint density at radius 1 is 0.427 bits per heavy atom. The first-order valence-electron chi connectivity index (χ1n) is 27.6. The summed E-state index contributed by atoms with van der Waals surface area (Å²) in [6.45, 7) is 18.5. The standard InChI is InChI=1S/C20H33N5O3Si.C17H27N5O3Si.C9H23NO3Si.C6H17NO3Si.2ClH/c1-6-26-29(27-7-2,28-8-3)17-9-14-21-18-10-12-19(13-11-18)22-23-20-24(4)15-16-25(20)5;1-21-12-13-22(2)17(21)20-19-16-9-7-15(8-10-16)18-11-6-14-26(23-3,24-4)25-5;1-4-11-14(12-5-2,13-6-3)9-7-8-10;1-8-11(9-2,10-3)6-4-5-7;;/h10-13,15-16H,6-9,14,17H2,1-5H3;7-10,12-13H,6,11,14H2,1-5H3;4-10H2,1-3H3;4-7H2,1-3H3;2*1H. The normalized spacial score (nSPS) is 11.7. The van der Waals surface area contributed by atoms with Crippen molar-refractivity contribution in [2.24, 2.45) is 60.1 Å². The lowest BCUT2D eigenvalue weighted by Gasteiger charge is -2.28. The average Bonchev–Trinajstić information content (AvgIpc) is 3.98. The SMILES string of the molecule is CCO[Si](CCCN)(OCC)OCC.CCO[Si](CCCNc1ccc(N=Nc2n(C)cc[n+]2C)cc1)(OCC)OCC.CO[Si](CCCN)(OC)OC.CO[Si](CCCNc1ccc(N=Nc2n(C)cc[n+]2C)cc1)(OC)OC.[Cl-].[Cl-]. The molecular weight excluding hydrogens is 1170 g/mol. The lowest BCUT2D eigenvalue weighted by molar-refractivity contribution is -0.657. The summed E-state index contributed by atoms with van der Waals surface area (Å²) in [7, 11) is 7.74. The fraction of sp³-hybridized carbons (Fsp3) is 0.654. The summed E-state index contributed by atoms with van der Waals surface area (Å²) in [5.41, 5.74) is 14.5. The zero-order valence-corrected chi connectivity index (χ0v) is 57.6. The molecule has 6 N–H and O–H groups in total. The third kappa shape index (κ3) is 30.1. The van der Waals surface area contributed by atoms with E-state index in [-0.39, 0.29) is 24.8 Å². The monoisotopic (exact) mass is 1270 g/mol. The molecule has 0 spiro atoms. The van der Waals surface area contributed by atoms with Crippen molar-refractivity contribution in [3.05, 3.63) is 73.3 Å². The van der Waals surface area contributed by atoms with Crippen molar-refractivity contribution < 1.29 is 87.1 Å². The number of azo groups is 2. The number of aryl methyl sites for hydroxylation is 4. The maximum Gasteiger partial charge on any atom is 0.500 e. The van der Waals surface area contributed by atoms with E-state index in [4.69, 9.17) is 64.6 Å². The van der Waals surface area contributed by atoms with Crippen LogP contribution in [0.3, 0.4) is 0 Å². The van der Waals surface area contributed by atoms with Crippen LogP contribution in [0.2, 0.25) is 24.2 Å². The minimum atomic E-state index is -2.56. The zero-order chi connectivity index (χ0) is 59.7. The Balaban J connectivity index is 0. The summed E-state index contributed by atoms with van der Waals surface area (Å²) < 4.78 is 74.1. The van der Waals surface area contributed by atoms with Crippen molar-refractivity contribution in [3.63, 3.8) is 0 Å². The Bertz CT molecular complexity index is 2150. The minimum absolute atomic E-state index is 0. The molecule has 0 radical (unpaired) electrons. The van der Waals surface area contributed by atoms with Gasteiger partial charge >= 0.3 is 47.1 Å². The van der Waals surface area contributed by atoms with Crippen molar-refractivity contribution in [2.75, 3.05) is 119 Å². The molecule has 24 nitrogen and oxygen atoms in total. The number of hydrogen-bond donors (Lipinski definition) is 4. The first kappa shape index (κ1) is 80.6. The molecular formula is C52H102Cl2N12O12Si4. The predicted molar refractivity (Wildman–Crippen MR) is 322 cm³/mol. The van der Waals surface area contributed by atoms with E-state index in [9.17, 15) is 0 Å². The molecule has 4 aromatic rings. The van der Waals surface area contributed by atoms with Crippen LogP contribution in [-0.2, 0) is 81.3 Å². The largest absolute Gasteiger partial charge is 1.00 e. The van der Waals surface area contributed by atoms with Gasteiger partial charge in [0.15, 0.2) is 0 Å². The van der Waals surface area contributed by atoms with Gasteiger partial charge in [-0.3, -0.25) is 0 Å². The number of anilines is 2. The quantitative estimate of drug-likeness (QED) is 0.0218. The first-order valence-corrected chi connectivity index (χ1v) is 35.4. The fourth-order valence-electron chi connectivity index (χ4n) is 7.77. The summed E-state index contributed by atoms with van der Waals surface area (Å²) in [5, 5.41) is 24.0. The van der Waals surface area contributed by atoms with Crippen molar-refractivity contribution in [2.45, 2.75) is 91.4 Å². The molecule has 0 saturated carbocycles. The van der Waals surface area contributed by atoms with Crippen LogP contribution >= 0.6 is 0 Å². The van der Waals surface area contributed by atoms with Gasteiger partial charge in [0.2, 0.25) is 0 Å². The molecule has 0 amide bonds. The van der Waals surface area contributed by atoms with Gasteiger partial charge in [-0.2, -0.15) is 0 Å². The van der Waals surface area contributed by atoms with Crippen molar-refractivity contribution in [1.82, 2.24) is 9.13 Å². The molecule has 2 heterocycles. The number of imidazole rings is 2.